The molecule has 44 valence electrons. The first-order chi connectivity index (χ1) is 3.33. The molecule has 0 fully saturated rings. The van der Waals surface area contributed by atoms with Crippen LogP contribution in [0.2, 0.25) is 0 Å². The third kappa shape index (κ3) is 42.2. The average Bonchev–Trinajstić information content (AvgIpc) is 1.69. The molecule has 0 amide bonds. The van der Waals surface area contributed by atoms with Crippen LogP contribution in [0.15, 0.2) is 0 Å². The average molecular weight is 183 g/mol. The van der Waals surface area contributed by atoms with Crippen LogP contribution in [0.4, 0.5) is 0 Å². The summed E-state index contributed by atoms with van der Waals surface area (Å²) in [5.41, 5.74) is 0. The maximum absolute atomic E-state index is 4.48. The quantitative estimate of drug-likeness (QED) is 0.616. The van der Waals surface area contributed by atoms with Gasteiger partial charge >= 0.3 is 35.0 Å². The summed E-state index contributed by atoms with van der Waals surface area (Å²) < 4.78 is 7.67. The van der Waals surface area contributed by atoms with E-state index in [1.165, 1.54) is 0 Å². The SMILES string of the molecule is CC[O][V].ClOCl. The molecular formula is C2H5Cl2O2V. The molecule has 0 aromatic carbocycles. The first-order valence-electron chi connectivity index (χ1n) is 1.49. The van der Waals surface area contributed by atoms with Gasteiger partial charge in [0, 0.05) is 0 Å². The fourth-order valence-corrected chi connectivity index (χ4v) is 0. The molecule has 7 heavy (non-hydrogen) atoms. The molecule has 0 atom stereocenters. The smallest absolute Gasteiger partial charge is 0.0832 e. The molecule has 0 saturated carbocycles. The number of rotatable bonds is 1. The number of hydrogen-bond acceptors (Lipinski definition) is 2. The second-order valence-corrected chi connectivity index (χ2v) is 1.35. The summed E-state index contributed by atoms with van der Waals surface area (Å²) in [6, 6.07) is 0. The summed E-state index contributed by atoms with van der Waals surface area (Å²) in [4.78, 5) is 0. The zero-order chi connectivity index (χ0) is 6.12. The predicted molar refractivity (Wildman–Crippen MR) is 24.4 cm³/mol. The maximum Gasteiger partial charge on any atom is 0.0832 e. The third-order valence-electron chi connectivity index (χ3n) is 0.129. The third-order valence-corrected chi connectivity index (χ3v) is 0.532. The molecule has 0 aromatic heterocycles. The normalized spacial score (nSPS) is 6.71. The largest absolute Gasteiger partial charge is 0.166 e. The molecule has 0 spiro atoms. The fourth-order valence-electron chi connectivity index (χ4n) is 0. The molecule has 0 aliphatic heterocycles. The van der Waals surface area contributed by atoms with E-state index in [1.807, 2.05) is 24.7 Å². The van der Waals surface area contributed by atoms with Gasteiger partial charge in [-0.2, -0.15) is 3.84 Å². The van der Waals surface area contributed by atoms with Gasteiger partial charge in [-0.15, -0.1) is 0 Å². The minimum absolute atomic E-state index is 0.792. The Morgan fingerprint density at radius 3 is 1.71 bits per heavy atom. The Morgan fingerprint density at radius 1 is 1.57 bits per heavy atom. The summed E-state index contributed by atoms with van der Waals surface area (Å²) in [6.45, 7) is 2.73. The molecule has 0 heterocycles. The van der Waals surface area contributed by atoms with Crippen LogP contribution < -0.4 is 0 Å². The van der Waals surface area contributed by atoms with Crippen molar-refractivity contribution in [2.75, 3.05) is 6.61 Å². The first kappa shape index (κ1) is 11.0. The Bertz CT molecular complexity index is 21.2. The van der Waals surface area contributed by atoms with Crippen LogP contribution in [-0.2, 0) is 25.3 Å². The van der Waals surface area contributed by atoms with Crippen LogP contribution in [-0.4, -0.2) is 6.61 Å². The van der Waals surface area contributed by atoms with Crippen LogP contribution in [0.25, 0.3) is 0 Å². The van der Waals surface area contributed by atoms with E-state index in [-0.39, 0.29) is 0 Å². The number of halogens is 2. The standard InChI is InChI=1S/C2H5O.Cl2O.V/c1-2-3;1-3-2;/h2H2,1H3;;/q-1;;+1. The summed E-state index contributed by atoms with van der Waals surface area (Å²) in [7, 11) is 0. The summed E-state index contributed by atoms with van der Waals surface area (Å²) >= 11 is 10.6. The van der Waals surface area contributed by atoms with Crippen LogP contribution >= 0.6 is 23.7 Å². The van der Waals surface area contributed by atoms with E-state index >= 15 is 0 Å². The van der Waals surface area contributed by atoms with Crippen molar-refractivity contribution in [3.8, 4) is 0 Å². The Kier molecular flexibility index (Phi) is 24.6. The van der Waals surface area contributed by atoms with Gasteiger partial charge in [0.25, 0.3) is 0 Å². The Labute approximate surface area is 62.8 Å². The zero-order valence-electron chi connectivity index (χ0n) is 3.73. The fraction of sp³-hybridized carbons (Fsp3) is 1.00. The molecule has 0 N–H and O–H groups in total. The molecule has 0 aromatic rings. The minimum atomic E-state index is 0.792. The van der Waals surface area contributed by atoms with E-state index in [4.69, 9.17) is 0 Å². The number of hydrogen-bond donors (Lipinski definition) is 0. The second kappa shape index (κ2) is 15.7. The van der Waals surface area contributed by atoms with E-state index in [0.717, 1.165) is 6.61 Å². The summed E-state index contributed by atoms with van der Waals surface area (Å²) in [5, 5.41) is 0. The predicted octanol–water partition coefficient (Wildman–Crippen LogP) is 1.80. The molecule has 0 saturated heterocycles. The Balaban J connectivity index is 0. The molecule has 0 radical (unpaired) electrons. The van der Waals surface area contributed by atoms with Gasteiger partial charge in [0.1, 0.15) is 0 Å². The summed E-state index contributed by atoms with van der Waals surface area (Å²) in [5.74, 6) is 0. The Hall–Kier alpha value is 1.08. The van der Waals surface area contributed by atoms with Crippen molar-refractivity contribution in [3.63, 3.8) is 0 Å². The van der Waals surface area contributed by atoms with E-state index in [2.05, 4.69) is 31.2 Å². The van der Waals surface area contributed by atoms with E-state index in [0.29, 0.717) is 0 Å². The molecule has 0 rings (SSSR count). The van der Waals surface area contributed by atoms with E-state index in [9.17, 15) is 0 Å². The van der Waals surface area contributed by atoms with Crippen LogP contribution in [0.1, 0.15) is 6.92 Å². The van der Waals surface area contributed by atoms with Crippen molar-refractivity contribution < 1.29 is 25.3 Å². The van der Waals surface area contributed by atoms with Crippen molar-refractivity contribution in [2.45, 2.75) is 6.92 Å². The van der Waals surface area contributed by atoms with Gasteiger partial charge < -0.3 is 0 Å². The van der Waals surface area contributed by atoms with Gasteiger partial charge in [-0.05, 0) is 0 Å². The van der Waals surface area contributed by atoms with Gasteiger partial charge in [0.15, 0.2) is 0 Å². The molecule has 0 aliphatic carbocycles. The van der Waals surface area contributed by atoms with Crippen molar-refractivity contribution >= 4 is 23.7 Å². The minimum Gasteiger partial charge on any atom is -0.166 e. The monoisotopic (exact) mass is 182 g/mol. The van der Waals surface area contributed by atoms with E-state index in [1.54, 1.807) is 0 Å². The molecule has 5 heteroatoms. The maximum atomic E-state index is 4.48. The summed E-state index contributed by atoms with van der Waals surface area (Å²) in [6.07, 6.45) is 0. The molecule has 0 unspecified atom stereocenters. The van der Waals surface area contributed by atoms with Gasteiger partial charge in [-0.1, -0.05) is 0 Å². The van der Waals surface area contributed by atoms with Crippen molar-refractivity contribution in [1.29, 1.82) is 0 Å². The molecule has 0 bridgehead atoms. The second-order valence-electron chi connectivity index (χ2n) is 0.476. The topological polar surface area (TPSA) is 18.5 Å². The van der Waals surface area contributed by atoms with Crippen molar-refractivity contribution in [1.82, 2.24) is 0 Å². The van der Waals surface area contributed by atoms with Crippen molar-refractivity contribution in [3.05, 3.63) is 0 Å². The van der Waals surface area contributed by atoms with E-state index < -0.39 is 0 Å². The van der Waals surface area contributed by atoms with Crippen LogP contribution in [0.5, 0.6) is 0 Å². The zero-order valence-corrected chi connectivity index (χ0v) is 6.64. The molecule has 2 nitrogen and oxygen atoms in total. The molecular weight excluding hydrogens is 178 g/mol. The molecule has 0 aliphatic rings. The Morgan fingerprint density at radius 2 is 1.71 bits per heavy atom. The first-order valence-corrected chi connectivity index (χ1v) is 2.67. The van der Waals surface area contributed by atoms with Gasteiger partial charge in [0.05, 0.1) is 23.7 Å². The van der Waals surface area contributed by atoms with Gasteiger partial charge in [0.2, 0.25) is 0 Å². The van der Waals surface area contributed by atoms with Crippen molar-refractivity contribution in [2.24, 2.45) is 0 Å². The van der Waals surface area contributed by atoms with Gasteiger partial charge in [-0.3, -0.25) is 0 Å². The van der Waals surface area contributed by atoms with Crippen LogP contribution in [0.3, 0.4) is 0 Å². The van der Waals surface area contributed by atoms with Gasteiger partial charge in [-0.25, -0.2) is 0 Å². The van der Waals surface area contributed by atoms with Crippen LogP contribution in [0, 0.1) is 0 Å².